The van der Waals surface area contributed by atoms with E-state index in [0.717, 1.165) is 16.9 Å². The first-order chi connectivity index (χ1) is 9.43. The van der Waals surface area contributed by atoms with Gasteiger partial charge in [0.15, 0.2) is 11.9 Å². The third-order valence-corrected chi connectivity index (χ3v) is 4.31. The third kappa shape index (κ3) is 2.75. The zero-order valence-electron chi connectivity index (χ0n) is 12.1. The van der Waals surface area contributed by atoms with Crippen molar-refractivity contribution in [3.63, 3.8) is 0 Å². The van der Waals surface area contributed by atoms with Crippen LogP contribution in [0.5, 0.6) is 0 Å². The molecule has 0 unspecified atom stereocenters. The Morgan fingerprint density at radius 3 is 2.80 bits per heavy atom. The summed E-state index contributed by atoms with van der Waals surface area (Å²) >= 11 is 1.48. The molecule has 0 saturated carbocycles. The van der Waals surface area contributed by atoms with Crippen molar-refractivity contribution in [1.82, 2.24) is 9.97 Å². The summed E-state index contributed by atoms with van der Waals surface area (Å²) in [6, 6.07) is 0. The highest BCUT2D eigenvalue weighted by Crippen LogP contribution is 2.26. The van der Waals surface area contributed by atoms with E-state index in [1.807, 2.05) is 20.8 Å². The van der Waals surface area contributed by atoms with Crippen molar-refractivity contribution in [1.29, 1.82) is 0 Å². The SMILES string of the molecule is CCCC(=O)O[C@H](C)c1nc2sc(C)c(C)c2c(=O)[nH]1. The molecule has 0 aliphatic rings. The zero-order valence-corrected chi connectivity index (χ0v) is 12.9. The zero-order chi connectivity index (χ0) is 14.9. The lowest BCUT2D eigenvalue weighted by atomic mass is 10.2. The van der Waals surface area contributed by atoms with Gasteiger partial charge in [-0.2, -0.15) is 0 Å². The van der Waals surface area contributed by atoms with Crippen LogP contribution in [0.15, 0.2) is 4.79 Å². The van der Waals surface area contributed by atoms with Crippen molar-refractivity contribution < 1.29 is 9.53 Å². The fraction of sp³-hybridized carbons (Fsp3) is 0.500. The lowest BCUT2D eigenvalue weighted by Crippen LogP contribution is -2.17. The summed E-state index contributed by atoms with van der Waals surface area (Å²) in [6.07, 6.45) is 0.556. The molecule has 0 saturated heterocycles. The Kier molecular flexibility index (Phi) is 4.23. The number of hydrogen-bond donors (Lipinski definition) is 1. The quantitative estimate of drug-likeness (QED) is 0.880. The molecule has 20 heavy (non-hydrogen) atoms. The number of aryl methyl sites for hydroxylation is 2. The standard InChI is InChI=1S/C14H18N2O3S/c1-5-6-10(17)19-8(3)12-15-13(18)11-7(2)9(4)20-14(11)16-12/h8H,5-6H2,1-4H3,(H,15,16,18)/t8-/m1/s1. The van der Waals surface area contributed by atoms with Crippen LogP contribution in [0.1, 0.15) is 49.1 Å². The van der Waals surface area contributed by atoms with Crippen LogP contribution in [0, 0.1) is 13.8 Å². The van der Waals surface area contributed by atoms with E-state index in [9.17, 15) is 9.59 Å². The molecule has 1 N–H and O–H groups in total. The number of hydrogen-bond acceptors (Lipinski definition) is 5. The molecule has 0 fully saturated rings. The summed E-state index contributed by atoms with van der Waals surface area (Å²) in [5, 5.41) is 0.628. The van der Waals surface area contributed by atoms with Gasteiger partial charge in [0.2, 0.25) is 0 Å². The number of aromatic amines is 1. The van der Waals surface area contributed by atoms with Crippen molar-refractivity contribution in [2.45, 2.75) is 46.6 Å². The van der Waals surface area contributed by atoms with Crippen molar-refractivity contribution in [3.05, 3.63) is 26.6 Å². The number of esters is 1. The van der Waals surface area contributed by atoms with Crippen LogP contribution in [0.2, 0.25) is 0 Å². The monoisotopic (exact) mass is 294 g/mol. The van der Waals surface area contributed by atoms with Crippen LogP contribution < -0.4 is 5.56 Å². The van der Waals surface area contributed by atoms with Gasteiger partial charge in [-0.15, -0.1) is 11.3 Å². The van der Waals surface area contributed by atoms with E-state index in [-0.39, 0.29) is 11.5 Å². The molecule has 0 aliphatic heterocycles. The second kappa shape index (κ2) is 5.75. The minimum atomic E-state index is -0.547. The fourth-order valence-electron chi connectivity index (χ4n) is 1.98. The van der Waals surface area contributed by atoms with Crippen molar-refractivity contribution >= 4 is 27.5 Å². The maximum absolute atomic E-state index is 12.1. The molecular weight excluding hydrogens is 276 g/mol. The van der Waals surface area contributed by atoms with Crippen molar-refractivity contribution in [2.75, 3.05) is 0 Å². The molecule has 0 amide bonds. The molecule has 0 bridgehead atoms. The maximum Gasteiger partial charge on any atom is 0.306 e. The highest BCUT2D eigenvalue weighted by molar-refractivity contribution is 7.18. The van der Waals surface area contributed by atoms with Gasteiger partial charge in [-0.05, 0) is 32.8 Å². The molecular formula is C14H18N2O3S. The van der Waals surface area contributed by atoms with Gasteiger partial charge in [-0.1, -0.05) is 6.92 Å². The molecule has 0 aliphatic carbocycles. The van der Waals surface area contributed by atoms with Gasteiger partial charge in [-0.3, -0.25) is 9.59 Å². The average molecular weight is 294 g/mol. The Labute approximate surface area is 121 Å². The molecule has 2 aromatic rings. The van der Waals surface area contributed by atoms with Gasteiger partial charge >= 0.3 is 5.97 Å². The molecule has 1 atom stereocenters. The number of ether oxygens (including phenoxy) is 1. The minimum Gasteiger partial charge on any atom is -0.454 e. The number of nitrogens with one attached hydrogen (secondary N) is 1. The van der Waals surface area contributed by atoms with Crippen LogP contribution >= 0.6 is 11.3 Å². The fourth-order valence-corrected chi connectivity index (χ4v) is 3.02. The summed E-state index contributed by atoms with van der Waals surface area (Å²) < 4.78 is 5.25. The van der Waals surface area contributed by atoms with E-state index in [2.05, 4.69) is 9.97 Å². The molecule has 108 valence electrons. The normalized spacial score (nSPS) is 12.6. The smallest absolute Gasteiger partial charge is 0.306 e. The van der Waals surface area contributed by atoms with E-state index in [0.29, 0.717) is 22.5 Å². The average Bonchev–Trinajstić information content (AvgIpc) is 2.65. The number of aromatic nitrogens is 2. The largest absolute Gasteiger partial charge is 0.454 e. The van der Waals surface area contributed by atoms with Crippen molar-refractivity contribution in [3.8, 4) is 0 Å². The summed E-state index contributed by atoms with van der Waals surface area (Å²) in [6.45, 7) is 7.50. The third-order valence-electron chi connectivity index (χ3n) is 3.20. The lowest BCUT2D eigenvalue weighted by Gasteiger charge is -2.12. The second-order valence-electron chi connectivity index (χ2n) is 4.80. The van der Waals surface area contributed by atoms with Crippen molar-refractivity contribution in [2.24, 2.45) is 0 Å². The molecule has 2 rings (SSSR count). The summed E-state index contributed by atoms with van der Waals surface area (Å²) in [5.74, 6) is 0.120. The number of nitrogens with zero attached hydrogens (tertiary/aromatic N) is 1. The van der Waals surface area contributed by atoms with Gasteiger partial charge < -0.3 is 9.72 Å². The van der Waals surface area contributed by atoms with Crippen LogP contribution in [0.3, 0.4) is 0 Å². The number of thiophene rings is 1. The molecule has 0 aromatic carbocycles. The number of carbonyl (C=O) groups excluding carboxylic acids is 1. The van der Waals surface area contributed by atoms with E-state index in [4.69, 9.17) is 4.74 Å². The Balaban J connectivity index is 2.36. The van der Waals surface area contributed by atoms with Crippen LogP contribution in [0.4, 0.5) is 0 Å². The lowest BCUT2D eigenvalue weighted by molar-refractivity contribution is -0.149. The Morgan fingerprint density at radius 2 is 2.15 bits per heavy atom. The second-order valence-corrected chi connectivity index (χ2v) is 6.00. The Hall–Kier alpha value is -1.69. The van der Waals surface area contributed by atoms with E-state index in [1.54, 1.807) is 6.92 Å². The molecule has 0 spiro atoms. The molecule has 2 aromatic heterocycles. The van der Waals surface area contributed by atoms with E-state index >= 15 is 0 Å². The highest BCUT2D eigenvalue weighted by atomic mass is 32.1. The molecule has 5 nitrogen and oxygen atoms in total. The number of rotatable bonds is 4. The number of fused-ring (bicyclic) bond motifs is 1. The van der Waals surface area contributed by atoms with Gasteiger partial charge in [0.25, 0.3) is 5.56 Å². The van der Waals surface area contributed by atoms with E-state index < -0.39 is 6.10 Å². The molecule has 6 heteroatoms. The first-order valence-corrected chi connectivity index (χ1v) is 7.45. The van der Waals surface area contributed by atoms with E-state index in [1.165, 1.54) is 11.3 Å². The first-order valence-electron chi connectivity index (χ1n) is 6.63. The summed E-state index contributed by atoms with van der Waals surface area (Å²) in [4.78, 5) is 32.5. The number of carbonyl (C=O) groups is 1. The topological polar surface area (TPSA) is 72.0 Å². The van der Waals surface area contributed by atoms with Gasteiger partial charge in [0.1, 0.15) is 4.83 Å². The molecule has 0 radical (unpaired) electrons. The van der Waals surface area contributed by atoms with Gasteiger partial charge in [-0.25, -0.2) is 4.98 Å². The predicted octanol–water partition coefficient (Wildman–Crippen LogP) is 3.01. The Morgan fingerprint density at radius 1 is 1.45 bits per heavy atom. The number of H-pyrrole nitrogens is 1. The van der Waals surface area contributed by atoms with Gasteiger partial charge in [0, 0.05) is 11.3 Å². The van der Waals surface area contributed by atoms with Crippen LogP contribution in [0.25, 0.3) is 10.2 Å². The Bertz CT molecular complexity index is 702. The first kappa shape index (κ1) is 14.7. The van der Waals surface area contributed by atoms with Crippen LogP contribution in [-0.2, 0) is 9.53 Å². The predicted molar refractivity (Wildman–Crippen MR) is 79.1 cm³/mol. The highest BCUT2D eigenvalue weighted by Gasteiger charge is 2.17. The minimum absolute atomic E-state index is 0.176. The summed E-state index contributed by atoms with van der Waals surface area (Å²) in [7, 11) is 0. The molecule has 2 heterocycles. The van der Waals surface area contributed by atoms with Crippen LogP contribution in [-0.4, -0.2) is 15.9 Å². The van der Waals surface area contributed by atoms with Gasteiger partial charge in [0.05, 0.1) is 5.39 Å². The maximum atomic E-state index is 12.1. The summed E-state index contributed by atoms with van der Waals surface area (Å²) in [5.41, 5.74) is 0.783.